The molecule has 1 aliphatic carbocycles. The quantitative estimate of drug-likeness (QED) is 0.838. The van der Waals surface area contributed by atoms with Crippen molar-refractivity contribution in [1.29, 1.82) is 0 Å². The molecule has 2 rings (SSSR count). The summed E-state index contributed by atoms with van der Waals surface area (Å²) in [5.41, 5.74) is 0. The summed E-state index contributed by atoms with van der Waals surface area (Å²) in [6, 6.07) is 0.511. The van der Waals surface area contributed by atoms with Crippen LogP contribution < -0.4 is 5.32 Å². The minimum Gasteiger partial charge on any atom is -0.313 e. The van der Waals surface area contributed by atoms with Crippen molar-refractivity contribution in [2.24, 2.45) is 0 Å². The molecule has 96 valence electrons. The fourth-order valence-corrected chi connectivity index (χ4v) is 3.24. The third-order valence-corrected chi connectivity index (χ3v) is 4.26. The Kier molecular flexibility index (Phi) is 4.79. The van der Waals surface area contributed by atoms with Gasteiger partial charge in [-0.15, -0.1) is 5.10 Å². The SMILES string of the molecule is CC(C)NCCn1nnnc1SC1CCCC1. The van der Waals surface area contributed by atoms with Gasteiger partial charge < -0.3 is 5.32 Å². The first-order valence-corrected chi connectivity index (χ1v) is 7.30. The first kappa shape index (κ1) is 12.8. The van der Waals surface area contributed by atoms with Crippen molar-refractivity contribution in [3.05, 3.63) is 0 Å². The van der Waals surface area contributed by atoms with Crippen LogP contribution in [0.3, 0.4) is 0 Å². The fourth-order valence-electron chi connectivity index (χ4n) is 2.04. The van der Waals surface area contributed by atoms with Crippen molar-refractivity contribution in [2.75, 3.05) is 6.54 Å². The van der Waals surface area contributed by atoms with E-state index >= 15 is 0 Å². The first-order valence-electron chi connectivity index (χ1n) is 6.42. The lowest BCUT2D eigenvalue weighted by atomic mass is 10.4. The van der Waals surface area contributed by atoms with E-state index in [0.717, 1.165) is 23.5 Å². The fraction of sp³-hybridized carbons (Fsp3) is 0.909. The molecule has 1 saturated carbocycles. The molecule has 0 unspecified atom stereocenters. The number of hydrogen-bond donors (Lipinski definition) is 1. The van der Waals surface area contributed by atoms with E-state index in [-0.39, 0.29) is 0 Å². The van der Waals surface area contributed by atoms with Crippen LogP contribution in [-0.2, 0) is 6.54 Å². The first-order chi connectivity index (χ1) is 8.25. The largest absolute Gasteiger partial charge is 0.313 e. The van der Waals surface area contributed by atoms with Crippen LogP contribution in [0.2, 0.25) is 0 Å². The Morgan fingerprint density at radius 3 is 2.88 bits per heavy atom. The lowest BCUT2D eigenvalue weighted by Gasteiger charge is -2.10. The number of aromatic nitrogens is 4. The molecule has 6 heteroatoms. The van der Waals surface area contributed by atoms with Gasteiger partial charge >= 0.3 is 0 Å². The molecule has 0 radical (unpaired) electrons. The van der Waals surface area contributed by atoms with E-state index in [0.29, 0.717) is 6.04 Å². The van der Waals surface area contributed by atoms with E-state index in [1.165, 1.54) is 25.7 Å². The third kappa shape index (κ3) is 3.96. The van der Waals surface area contributed by atoms with Gasteiger partial charge in [-0.25, -0.2) is 4.68 Å². The van der Waals surface area contributed by atoms with Crippen LogP contribution in [0.1, 0.15) is 39.5 Å². The van der Waals surface area contributed by atoms with Crippen molar-refractivity contribution in [3.63, 3.8) is 0 Å². The van der Waals surface area contributed by atoms with Gasteiger partial charge in [-0.3, -0.25) is 0 Å². The van der Waals surface area contributed by atoms with Gasteiger partial charge in [0.25, 0.3) is 0 Å². The van der Waals surface area contributed by atoms with E-state index in [1.54, 1.807) is 0 Å². The highest BCUT2D eigenvalue weighted by atomic mass is 32.2. The highest BCUT2D eigenvalue weighted by Crippen LogP contribution is 2.33. The Bertz CT molecular complexity index is 332. The van der Waals surface area contributed by atoms with Crippen LogP contribution in [0.25, 0.3) is 0 Å². The van der Waals surface area contributed by atoms with Gasteiger partial charge in [-0.1, -0.05) is 38.5 Å². The summed E-state index contributed by atoms with van der Waals surface area (Å²) in [4.78, 5) is 0. The minimum absolute atomic E-state index is 0.511. The van der Waals surface area contributed by atoms with Gasteiger partial charge in [-0.05, 0) is 23.3 Å². The molecule has 1 fully saturated rings. The smallest absolute Gasteiger partial charge is 0.209 e. The van der Waals surface area contributed by atoms with Gasteiger partial charge in [0, 0.05) is 17.8 Å². The third-order valence-electron chi connectivity index (χ3n) is 2.95. The maximum absolute atomic E-state index is 4.11. The summed E-state index contributed by atoms with van der Waals surface area (Å²) in [6.45, 7) is 6.06. The number of thioether (sulfide) groups is 1. The van der Waals surface area contributed by atoms with Crippen molar-refractivity contribution in [1.82, 2.24) is 25.5 Å². The zero-order chi connectivity index (χ0) is 12.1. The monoisotopic (exact) mass is 255 g/mol. The molecule has 5 nitrogen and oxygen atoms in total. The Morgan fingerprint density at radius 2 is 2.18 bits per heavy atom. The highest BCUT2D eigenvalue weighted by molar-refractivity contribution is 7.99. The standard InChI is InChI=1S/C11H21N5S/c1-9(2)12-7-8-16-11(13-14-15-16)17-10-5-3-4-6-10/h9-10,12H,3-8H2,1-2H3. The van der Waals surface area contributed by atoms with Crippen LogP contribution in [-0.4, -0.2) is 38.0 Å². The van der Waals surface area contributed by atoms with E-state index in [2.05, 4.69) is 34.7 Å². The molecule has 1 aliphatic rings. The molecular formula is C11H21N5S. The predicted molar refractivity (Wildman–Crippen MR) is 69.1 cm³/mol. The van der Waals surface area contributed by atoms with Gasteiger partial charge in [0.15, 0.2) is 0 Å². The molecule has 0 spiro atoms. The molecule has 1 aromatic rings. The average molecular weight is 255 g/mol. The zero-order valence-corrected chi connectivity index (χ0v) is 11.4. The molecule has 1 N–H and O–H groups in total. The van der Waals surface area contributed by atoms with Crippen LogP contribution in [0, 0.1) is 0 Å². The molecule has 0 amide bonds. The minimum atomic E-state index is 0.511. The maximum atomic E-state index is 4.11. The highest BCUT2D eigenvalue weighted by Gasteiger charge is 2.19. The Balaban J connectivity index is 1.83. The molecule has 0 atom stereocenters. The van der Waals surface area contributed by atoms with Gasteiger partial charge in [0.2, 0.25) is 5.16 Å². The van der Waals surface area contributed by atoms with E-state index in [1.807, 2.05) is 16.4 Å². The van der Waals surface area contributed by atoms with Crippen molar-refractivity contribution < 1.29 is 0 Å². The number of tetrazole rings is 1. The van der Waals surface area contributed by atoms with Crippen LogP contribution in [0.4, 0.5) is 0 Å². The summed E-state index contributed by atoms with van der Waals surface area (Å²) in [5, 5.41) is 17.0. The molecule has 1 aromatic heterocycles. The Labute approximate surface area is 107 Å². The molecule has 0 saturated heterocycles. The number of rotatable bonds is 6. The predicted octanol–water partition coefficient (Wildman–Crippen LogP) is 1.71. The summed E-state index contributed by atoms with van der Waals surface area (Å²) >= 11 is 1.84. The van der Waals surface area contributed by atoms with Crippen molar-refractivity contribution in [2.45, 2.75) is 62.5 Å². The van der Waals surface area contributed by atoms with Crippen LogP contribution >= 0.6 is 11.8 Å². The van der Waals surface area contributed by atoms with E-state index in [4.69, 9.17) is 0 Å². The zero-order valence-electron chi connectivity index (χ0n) is 10.6. The second-order valence-electron chi connectivity index (χ2n) is 4.82. The summed E-state index contributed by atoms with van der Waals surface area (Å²) in [6.07, 6.45) is 5.33. The van der Waals surface area contributed by atoms with Gasteiger partial charge in [0.1, 0.15) is 0 Å². The van der Waals surface area contributed by atoms with E-state index < -0.39 is 0 Å². The Morgan fingerprint density at radius 1 is 1.41 bits per heavy atom. The lowest BCUT2D eigenvalue weighted by Crippen LogP contribution is -2.27. The maximum Gasteiger partial charge on any atom is 0.209 e. The van der Waals surface area contributed by atoms with Gasteiger partial charge in [-0.2, -0.15) is 0 Å². The van der Waals surface area contributed by atoms with Crippen molar-refractivity contribution >= 4 is 11.8 Å². The molecule has 0 bridgehead atoms. The summed E-state index contributed by atoms with van der Waals surface area (Å²) < 4.78 is 1.92. The lowest BCUT2D eigenvalue weighted by molar-refractivity contribution is 0.484. The van der Waals surface area contributed by atoms with Crippen LogP contribution in [0.5, 0.6) is 0 Å². The molecule has 0 aromatic carbocycles. The number of nitrogens with zero attached hydrogens (tertiary/aromatic N) is 4. The number of hydrogen-bond acceptors (Lipinski definition) is 5. The normalized spacial score (nSPS) is 17.1. The molecular weight excluding hydrogens is 234 g/mol. The van der Waals surface area contributed by atoms with Gasteiger partial charge in [0.05, 0.1) is 6.54 Å². The van der Waals surface area contributed by atoms with Crippen molar-refractivity contribution in [3.8, 4) is 0 Å². The number of nitrogens with one attached hydrogen (secondary N) is 1. The second kappa shape index (κ2) is 6.35. The van der Waals surface area contributed by atoms with E-state index in [9.17, 15) is 0 Å². The van der Waals surface area contributed by atoms with Crippen LogP contribution in [0.15, 0.2) is 5.16 Å². The average Bonchev–Trinajstić information content (AvgIpc) is 2.91. The molecule has 17 heavy (non-hydrogen) atoms. The summed E-state index contributed by atoms with van der Waals surface area (Å²) in [7, 11) is 0. The second-order valence-corrected chi connectivity index (χ2v) is 6.09. The summed E-state index contributed by atoms with van der Waals surface area (Å²) in [5.74, 6) is 0. The molecule has 0 aliphatic heterocycles. The topological polar surface area (TPSA) is 55.6 Å². The molecule has 1 heterocycles. The Hall–Kier alpha value is -0.620.